The van der Waals surface area contributed by atoms with Crippen molar-refractivity contribution in [1.82, 2.24) is 0 Å². The van der Waals surface area contributed by atoms with Crippen LogP contribution in [0.2, 0.25) is 0 Å². The molecule has 0 radical (unpaired) electrons. The molecule has 0 spiro atoms. The minimum Gasteiger partial charge on any atom is -0.545 e. The van der Waals surface area contributed by atoms with E-state index in [1.807, 2.05) is 0 Å². The van der Waals surface area contributed by atoms with Crippen molar-refractivity contribution < 1.29 is 19.4 Å². The lowest BCUT2D eigenvalue weighted by Gasteiger charge is -2.10. The molecule has 0 aliphatic heterocycles. The number of carbonyl (C=O) groups excluding carboxylic acids is 2. The average Bonchev–Trinajstić information content (AvgIpc) is 2.65. The quantitative estimate of drug-likeness (QED) is 0.329. The first-order chi connectivity index (χ1) is 12.7. The Kier molecular flexibility index (Phi) is 12.2. The Bertz CT molecular complexity index is 525. The highest BCUT2D eigenvalue weighted by Crippen LogP contribution is 2.13. The van der Waals surface area contributed by atoms with Crippen LogP contribution < -0.4 is 5.11 Å². The molecular weight excluding hydrogens is 328 g/mol. The Morgan fingerprint density at radius 2 is 1.23 bits per heavy atom. The zero-order valence-corrected chi connectivity index (χ0v) is 16.1. The molecule has 4 heteroatoms. The molecule has 0 saturated heterocycles. The van der Waals surface area contributed by atoms with Gasteiger partial charge < -0.3 is 14.6 Å². The molecule has 1 aromatic carbocycles. The maximum atomic E-state index is 12.0. The molecule has 0 fully saturated rings. The first kappa shape index (κ1) is 22.2. The standard InChI is InChI=1S/C22H34O4/c1-2-3-4-5-6-7-8-9-10-11-12-15-18-26-22(25)20-17-14-13-16-19(20)21(23)24/h13-14,16-17H,2-12,15,18H2,1H3,(H,23,24)/p-1. The lowest BCUT2D eigenvalue weighted by atomic mass is 10.1. The largest absolute Gasteiger partial charge is 0.545 e. The molecule has 1 aromatic rings. The Balaban J connectivity index is 2.01. The number of rotatable bonds is 15. The summed E-state index contributed by atoms with van der Waals surface area (Å²) in [5.74, 6) is -1.95. The number of carboxylic acid groups (broad SMARTS) is 1. The van der Waals surface area contributed by atoms with E-state index in [0.717, 1.165) is 19.3 Å². The summed E-state index contributed by atoms with van der Waals surface area (Å²) in [7, 11) is 0. The van der Waals surface area contributed by atoms with Crippen molar-refractivity contribution in [1.29, 1.82) is 0 Å². The van der Waals surface area contributed by atoms with Gasteiger partial charge in [0, 0.05) is 5.56 Å². The third-order valence-corrected chi connectivity index (χ3v) is 4.60. The average molecular weight is 362 g/mol. The van der Waals surface area contributed by atoms with Gasteiger partial charge in [-0.3, -0.25) is 0 Å². The Hall–Kier alpha value is -1.84. The maximum Gasteiger partial charge on any atom is 0.338 e. The van der Waals surface area contributed by atoms with Gasteiger partial charge in [-0.25, -0.2) is 4.79 Å². The van der Waals surface area contributed by atoms with Crippen LogP contribution in [0.4, 0.5) is 0 Å². The van der Waals surface area contributed by atoms with Crippen LogP contribution in [-0.4, -0.2) is 18.5 Å². The monoisotopic (exact) mass is 361 g/mol. The van der Waals surface area contributed by atoms with Crippen LogP contribution in [-0.2, 0) is 4.74 Å². The molecule has 4 nitrogen and oxygen atoms in total. The van der Waals surface area contributed by atoms with Gasteiger partial charge in [-0.05, 0) is 12.5 Å². The summed E-state index contributed by atoms with van der Waals surface area (Å²) in [5.41, 5.74) is -0.0568. The van der Waals surface area contributed by atoms with E-state index >= 15 is 0 Å². The van der Waals surface area contributed by atoms with Crippen LogP contribution in [0, 0.1) is 0 Å². The van der Waals surface area contributed by atoms with Gasteiger partial charge in [0.1, 0.15) is 0 Å². The first-order valence-corrected chi connectivity index (χ1v) is 10.1. The van der Waals surface area contributed by atoms with E-state index in [-0.39, 0.29) is 11.1 Å². The van der Waals surface area contributed by atoms with Crippen LogP contribution in [0.3, 0.4) is 0 Å². The van der Waals surface area contributed by atoms with Crippen molar-refractivity contribution in [3.05, 3.63) is 35.4 Å². The van der Waals surface area contributed by atoms with Gasteiger partial charge in [0.2, 0.25) is 0 Å². The van der Waals surface area contributed by atoms with Crippen LogP contribution in [0.15, 0.2) is 24.3 Å². The maximum absolute atomic E-state index is 12.0. The van der Waals surface area contributed by atoms with Crippen molar-refractivity contribution in [2.75, 3.05) is 6.61 Å². The number of benzene rings is 1. The molecule has 0 aliphatic carbocycles. The smallest absolute Gasteiger partial charge is 0.338 e. The minimum absolute atomic E-state index is 0.0615. The van der Waals surface area contributed by atoms with E-state index in [1.165, 1.54) is 69.9 Å². The van der Waals surface area contributed by atoms with Crippen molar-refractivity contribution in [2.45, 2.75) is 84.0 Å². The number of hydrogen-bond acceptors (Lipinski definition) is 4. The van der Waals surface area contributed by atoms with Gasteiger partial charge in [0.15, 0.2) is 0 Å². The summed E-state index contributed by atoms with van der Waals surface area (Å²) in [6, 6.07) is 5.99. The molecule has 0 aliphatic rings. The first-order valence-electron chi connectivity index (χ1n) is 10.1. The Morgan fingerprint density at radius 3 is 1.73 bits per heavy atom. The molecular formula is C22H33O4-. The van der Waals surface area contributed by atoms with Gasteiger partial charge in [-0.15, -0.1) is 0 Å². The van der Waals surface area contributed by atoms with Crippen molar-refractivity contribution in [3.63, 3.8) is 0 Å². The number of esters is 1. The zero-order valence-electron chi connectivity index (χ0n) is 16.1. The Labute approximate surface area is 158 Å². The fraction of sp³-hybridized carbons (Fsp3) is 0.636. The Morgan fingerprint density at radius 1 is 0.769 bits per heavy atom. The highest BCUT2D eigenvalue weighted by molar-refractivity contribution is 6.01. The third-order valence-electron chi connectivity index (χ3n) is 4.60. The van der Waals surface area contributed by atoms with Gasteiger partial charge in [0.25, 0.3) is 0 Å². The predicted octanol–water partition coefficient (Wildman–Crippen LogP) is 4.91. The molecule has 0 unspecified atom stereocenters. The third kappa shape index (κ3) is 9.59. The summed E-state index contributed by atoms with van der Waals surface area (Å²) in [6.07, 6.45) is 15.0. The van der Waals surface area contributed by atoms with Crippen molar-refractivity contribution in [3.8, 4) is 0 Å². The van der Waals surface area contributed by atoms with E-state index in [1.54, 1.807) is 12.1 Å². The second-order valence-corrected chi connectivity index (χ2v) is 6.86. The second-order valence-electron chi connectivity index (χ2n) is 6.86. The molecule has 0 N–H and O–H groups in total. The van der Waals surface area contributed by atoms with E-state index in [2.05, 4.69) is 6.92 Å². The normalized spacial score (nSPS) is 10.7. The summed E-state index contributed by atoms with van der Waals surface area (Å²) >= 11 is 0. The molecule has 0 heterocycles. The van der Waals surface area contributed by atoms with Crippen LogP contribution >= 0.6 is 0 Å². The number of carbonyl (C=O) groups is 2. The molecule has 0 saturated carbocycles. The van der Waals surface area contributed by atoms with Crippen LogP contribution in [0.1, 0.15) is 105 Å². The molecule has 0 bridgehead atoms. The van der Waals surface area contributed by atoms with E-state index in [0.29, 0.717) is 6.61 Å². The summed E-state index contributed by atoms with van der Waals surface area (Å²) in [6.45, 7) is 2.57. The van der Waals surface area contributed by atoms with Gasteiger partial charge >= 0.3 is 5.97 Å². The van der Waals surface area contributed by atoms with E-state index < -0.39 is 11.9 Å². The number of ether oxygens (including phenoxy) is 1. The number of unbranched alkanes of at least 4 members (excludes halogenated alkanes) is 11. The van der Waals surface area contributed by atoms with Crippen molar-refractivity contribution in [2.24, 2.45) is 0 Å². The number of aromatic carboxylic acids is 1. The lowest BCUT2D eigenvalue weighted by molar-refractivity contribution is -0.255. The molecule has 146 valence electrons. The highest BCUT2D eigenvalue weighted by atomic mass is 16.5. The van der Waals surface area contributed by atoms with Crippen LogP contribution in [0.5, 0.6) is 0 Å². The summed E-state index contributed by atoms with van der Waals surface area (Å²) < 4.78 is 5.18. The molecule has 1 rings (SSSR count). The van der Waals surface area contributed by atoms with Gasteiger partial charge in [-0.2, -0.15) is 0 Å². The SMILES string of the molecule is CCCCCCCCCCCCCCOC(=O)c1ccccc1C(=O)[O-]. The topological polar surface area (TPSA) is 66.4 Å². The van der Waals surface area contributed by atoms with Crippen LogP contribution in [0.25, 0.3) is 0 Å². The zero-order chi connectivity index (χ0) is 19.0. The van der Waals surface area contributed by atoms with E-state index in [4.69, 9.17) is 4.74 Å². The fourth-order valence-corrected chi connectivity index (χ4v) is 3.02. The molecule has 0 aromatic heterocycles. The molecule has 0 amide bonds. The summed E-state index contributed by atoms with van der Waals surface area (Å²) in [5, 5.41) is 11.0. The predicted molar refractivity (Wildman–Crippen MR) is 102 cm³/mol. The fourth-order valence-electron chi connectivity index (χ4n) is 3.02. The molecule has 26 heavy (non-hydrogen) atoms. The lowest BCUT2D eigenvalue weighted by Crippen LogP contribution is -2.25. The summed E-state index contributed by atoms with van der Waals surface area (Å²) in [4.78, 5) is 23.0. The number of carboxylic acids is 1. The van der Waals surface area contributed by atoms with Gasteiger partial charge in [-0.1, -0.05) is 95.8 Å². The van der Waals surface area contributed by atoms with Gasteiger partial charge in [0.05, 0.1) is 18.1 Å². The second kappa shape index (κ2) is 14.3. The minimum atomic E-state index is -1.36. The number of hydrogen-bond donors (Lipinski definition) is 0. The van der Waals surface area contributed by atoms with Crippen molar-refractivity contribution >= 4 is 11.9 Å². The van der Waals surface area contributed by atoms with E-state index in [9.17, 15) is 14.7 Å². The molecule has 0 atom stereocenters. The highest BCUT2D eigenvalue weighted by Gasteiger charge is 2.12.